The average Bonchev–Trinajstić information content (AvgIpc) is 2.64. The molecule has 0 atom stereocenters. The lowest BCUT2D eigenvalue weighted by molar-refractivity contribution is 0.554. The molecule has 0 aliphatic heterocycles. The van der Waals surface area contributed by atoms with Crippen LogP contribution in [-0.2, 0) is 0 Å². The lowest BCUT2D eigenvalue weighted by Crippen LogP contribution is -1.88. The summed E-state index contributed by atoms with van der Waals surface area (Å²) in [5.41, 5.74) is 6.25. The predicted molar refractivity (Wildman–Crippen MR) is 140 cm³/mol. The molecule has 0 aliphatic carbocycles. The molecule has 0 heterocycles. The van der Waals surface area contributed by atoms with Crippen LogP contribution in [-0.4, -0.2) is 0 Å². The van der Waals surface area contributed by atoms with Gasteiger partial charge in [-0.3, -0.25) is 0 Å². The fourth-order valence-electron chi connectivity index (χ4n) is 3.74. The summed E-state index contributed by atoms with van der Waals surface area (Å²) in [6, 6.07) is 0. The third-order valence-electron chi connectivity index (χ3n) is 5.92. The van der Waals surface area contributed by atoms with Gasteiger partial charge in [0.1, 0.15) is 0 Å². The van der Waals surface area contributed by atoms with Crippen molar-refractivity contribution in [2.24, 2.45) is 11.8 Å². The zero-order chi connectivity index (χ0) is 22.8. The Labute approximate surface area is 191 Å². The quantitative estimate of drug-likeness (QED) is 0.164. The van der Waals surface area contributed by atoms with Gasteiger partial charge in [-0.15, -0.1) is 0 Å². The molecule has 0 aromatic heterocycles. The van der Waals surface area contributed by atoms with Crippen molar-refractivity contribution in [2.75, 3.05) is 0 Å². The highest BCUT2D eigenvalue weighted by Crippen LogP contribution is 2.16. The minimum Gasteiger partial charge on any atom is -0.0853 e. The van der Waals surface area contributed by atoms with E-state index in [2.05, 4.69) is 79.7 Å². The Morgan fingerprint density at radius 3 is 1.10 bits per heavy atom. The Bertz CT molecular complexity index is 486. The van der Waals surface area contributed by atoms with E-state index in [1.807, 2.05) is 0 Å². The first-order valence-electron chi connectivity index (χ1n) is 12.8. The van der Waals surface area contributed by atoms with Gasteiger partial charge in [-0.05, 0) is 104 Å². The molecule has 0 fully saturated rings. The second kappa shape index (κ2) is 18.7. The van der Waals surface area contributed by atoms with E-state index in [1.54, 1.807) is 22.3 Å². The third-order valence-corrected chi connectivity index (χ3v) is 5.92. The van der Waals surface area contributed by atoms with Gasteiger partial charge >= 0.3 is 0 Å². The van der Waals surface area contributed by atoms with Gasteiger partial charge in [-0.25, -0.2) is 0 Å². The van der Waals surface area contributed by atoms with Crippen LogP contribution in [0.5, 0.6) is 0 Å². The zero-order valence-corrected chi connectivity index (χ0v) is 21.9. The molecule has 0 aromatic rings. The van der Waals surface area contributed by atoms with Crippen LogP contribution in [0.1, 0.15) is 132 Å². The molecule has 0 nitrogen and oxygen atoms in total. The van der Waals surface area contributed by atoms with Crippen LogP contribution < -0.4 is 0 Å². The van der Waals surface area contributed by atoms with E-state index in [0.29, 0.717) is 0 Å². The van der Waals surface area contributed by atoms with Crippen LogP contribution in [0.4, 0.5) is 0 Å². The first-order valence-corrected chi connectivity index (χ1v) is 12.8. The summed E-state index contributed by atoms with van der Waals surface area (Å²) in [7, 11) is 0. The third kappa shape index (κ3) is 20.2. The highest BCUT2D eigenvalue weighted by Gasteiger charge is 1.97. The maximum absolute atomic E-state index is 2.46. The first-order chi connectivity index (χ1) is 14.2. The molecule has 0 amide bonds. The minimum absolute atomic E-state index is 0.834. The predicted octanol–water partition coefficient (Wildman–Crippen LogP) is 10.8. The summed E-state index contributed by atoms with van der Waals surface area (Å²) in [6.07, 6.45) is 25.0. The average molecular weight is 415 g/mol. The van der Waals surface area contributed by atoms with Crippen molar-refractivity contribution in [1.82, 2.24) is 0 Å². The van der Waals surface area contributed by atoms with Gasteiger partial charge in [0.15, 0.2) is 0 Å². The van der Waals surface area contributed by atoms with Gasteiger partial charge < -0.3 is 0 Å². The molecule has 0 saturated heterocycles. The molecule has 0 aliphatic rings. The maximum atomic E-state index is 2.46. The zero-order valence-electron chi connectivity index (χ0n) is 21.9. The Kier molecular flexibility index (Phi) is 18.1. The van der Waals surface area contributed by atoms with Crippen molar-refractivity contribution >= 4 is 0 Å². The Morgan fingerprint density at radius 1 is 0.467 bits per heavy atom. The lowest BCUT2D eigenvalue weighted by Gasteiger charge is -2.05. The van der Waals surface area contributed by atoms with Crippen LogP contribution >= 0.6 is 0 Å². The number of allylic oxidation sites excluding steroid dienone is 8. The van der Waals surface area contributed by atoms with Gasteiger partial charge in [0, 0.05) is 0 Å². The smallest absolute Gasteiger partial charge is 0.0288 e. The number of unbranched alkanes of at least 4 members (excludes halogenated alkanes) is 1. The van der Waals surface area contributed by atoms with E-state index in [0.717, 1.165) is 11.8 Å². The molecule has 0 bridgehead atoms. The summed E-state index contributed by atoms with van der Waals surface area (Å²) in [4.78, 5) is 0. The summed E-state index contributed by atoms with van der Waals surface area (Å²) < 4.78 is 0. The molecule has 174 valence electrons. The van der Waals surface area contributed by atoms with Crippen molar-refractivity contribution in [3.05, 3.63) is 46.6 Å². The summed E-state index contributed by atoms with van der Waals surface area (Å²) in [5, 5.41) is 0. The standard InChI is InChI=1S/C30H54/c1-25(2)15-11-19-29(7)23-13-21-27(5)17-9-10-18-28(6)22-14-24-30(8)20-12-16-26(3)4/h17-18,23-26H,9-16,19-22H2,1-8H3/b27-17+,28-18+,29-23+,30-24+. The molecule has 30 heavy (non-hydrogen) atoms. The Balaban J connectivity index is 3.97. The SMILES string of the molecule is C/C(=C\CC/C=C(\C)CC/C=C(\C)CCCC(C)C)CC/C=C(\C)CCCC(C)C. The number of rotatable bonds is 17. The van der Waals surface area contributed by atoms with Crippen molar-refractivity contribution in [3.8, 4) is 0 Å². The van der Waals surface area contributed by atoms with Gasteiger partial charge in [0.2, 0.25) is 0 Å². The van der Waals surface area contributed by atoms with E-state index in [9.17, 15) is 0 Å². The highest BCUT2D eigenvalue weighted by molar-refractivity contribution is 5.06. The monoisotopic (exact) mass is 414 g/mol. The van der Waals surface area contributed by atoms with Gasteiger partial charge in [-0.1, -0.05) is 87.1 Å². The van der Waals surface area contributed by atoms with Crippen LogP contribution in [0.25, 0.3) is 0 Å². The summed E-state index contributed by atoms with van der Waals surface area (Å²) in [6.45, 7) is 18.5. The lowest BCUT2D eigenvalue weighted by atomic mass is 10.0. The van der Waals surface area contributed by atoms with Crippen molar-refractivity contribution in [2.45, 2.75) is 132 Å². The Hall–Kier alpha value is -1.04. The van der Waals surface area contributed by atoms with Gasteiger partial charge in [-0.2, -0.15) is 0 Å². The molecule has 0 saturated carbocycles. The second-order valence-corrected chi connectivity index (χ2v) is 10.4. The first kappa shape index (κ1) is 29.0. The van der Waals surface area contributed by atoms with Gasteiger partial charge in [0.05, 0.1) is 0 Å². The molecular formula is C30H54. The number of hydrogen-bond donors (Lipinski definition) is 0. The highest BCUT2D eigenvalue weighted by atomic mass is 14.0. The van der Waals surface area contributed by atoms with Crippen molar-refractivity contribution < 1.29 is 0 Å². The van der Waals surface area contributed by atoms with Crippen LogP contribution in [0, 0.1) is 11.8 Å². The molecular weight excluding hydrogens is 360 g/mol. The van der Waals surface area contributed by atoms with Crippen LogP contribution in [0.2, 0.25) is 0 Å². The van der Waals surface area contributed by atoms with Crippen LogP contribution in [0.15, 0.2) is 46.6 Å². The molecule has 0 heteroatoms. The van der Waals surface area contributed by atoms with E-state index >= 15 is 0 Å². The topological polar surface area (TPSA) is 0 Å². The van der Waals surface area contributed by atoms with E-state index in [4.69, 9.17) is 0 Å². The van der Waals surface area contributed by atoms with E-state index in [-0.39, 0.29) is 0 Å². The fourth-order valence-corrected chi connectivity index (χ4v) is 3.74. The summed E-state index contributed by atoms with van der Waals surface area (Å²) >= 11 is 0. The fraction of sp³-hybridized carbons (Fsp3) is 0.733. The maximum Gasteiger partial charge on any atom is -0.0288 e. The summed E-state index contributed by atoms with van der Waals surface area (Å²) in [5.74, 6) is 1.67. The normalized spacial score (nSPS) is 14.3. The van der Waals surface area contributed by atoms with Gasteiger partial charge in [0.25, 0.3) is 0 Å². The van der Waals surface area contributed by atoms with E-state index < -0.39 is 0 Å². The molecule has 0 rings (SSSR count). The molecule has 0 N–H and O–H groups in total. The largest absolute Gasteiger partial charge is 0.0853 e. The molecule has 0 spiro atoms. The molecule has 0 aromatic carbocycles. The molecule has 0 radical (unpaired) electrons. The Morgan fingerprint density at radius 2 is 0.767 bits per heavy atom. The van der Waals surface area contributed by atoms with E-state index in [1.165, 1.54) is 77.0 Å². The minimum atomic E-state index is 0.834. The second-order valence-electron chi connectivity index (χ2n) is 10.4. The molecule has 0 unspecified atom stereocenters. The van der Waals surface area contributed by atoms with Crippen molar-refractivity contribution in [1.29, 1.82) is 0 Å². The van der Waals surface area contributed by atoms with Crippen LogP contribution in [0.3, 0.4) is 0 Å². The van der Waals surface area contributed by atoms with Crippen molar-refractivity contribution in [3.63, 3.8) is 0 Å². The number of hydrogen-bond acceptors (Lipinski definition) is 0.